The first kappa shape index (κ1) is 22.6. The van der Waals surface area contributed by atoms with Crippen molar-refractivity contribution in [3.8, 4) is 35.2 Å². The second-order valence-electron chi connectivity index (χ2n) is 6.47. The second-order valence-corrected chi connectivity index (χ2v) is 6.47. The van der Waals surface area contributed by atoms with Crippen LogP contribution in [-0.4, -0.2) is 51.8 Å². The molecule has 0 saturated heterocycles. The summed E-state index contributed by atoms with van der Waals surface area (Å²) in [5.74, 6) is 13.7. The van der Waals surface area contributed by atoms with E-state index in [1.807, 2.05) is 67.5 Å². The number of methoxy groups -OCH3 is 3. The molecule has 0 bridgehead atoms. The Bertz CT molecular complexity index is 932. The molecule has 5 nitrogen and oxygen atoms in total. The lowest BCUT2D eigenvalue weighted by atomic mass is 9.97. The van der Waals surface area contributed by atoms with Gasteiger partial charge in [-0.1, -0.05) is 23.7 Å². The quantitative estimate of drug-likeness (QED) is 0.436. The number of carbonyl (C=O) groups excluding carboxylic acids is 1. The fraction of sp³-hybridized carbons (Fsp3) is 0.240. The average molecular weight is 403 g/mol. The zero-order valence-corrected chi connectivity index (χ0v) is 17.9. The fourth-order valence-electron chi connectivity index (χ4n) is 2.43. The molecule has 0 unspecified atom stereocenters. The zero-order chi connectivity index (χ0) is 22.0. The lowest BCUT2D eigenvalue weighted by Gasteiger charge is -2.26. The number of hydrogen-bond donors (Lipinski definition) is 0. The lowest BCUT2D eigenvalue weighted by molar-refractivity contribution is -0.134. The highest BCUT2D eigenvalue weighted by atomic mass is 16.5. The van der Waals surface area contributed by atoms with Gasteiger partial charge in [-0.3, -0.25) is 4.90 Å². The van der Waals surface area contributed by atoms with E-state index in [-0.39, 0.29) is 0 Å². The van der Waals surface area contributed by atoms with Gasteiger partial charge in [-0.25, -0.2) is 4.79 Å². The van der Waals surface area contributed by atoms with Gasteiger partial charge in [-0.15, -0.1) is 0 Å². The average Bonchev–Trinajstić information content (AvgIpc) is 2.79. The molecule has 2 rings (SSSR count). The van der Waals surface area contributed by atoms with E-state index in [1.54, 1.807) is 20.3 Å². The first-order chi connectivity index (χ1) is 14.4. The van der Waals surface area contributed by atoms with Crippen LogP contribution in [0.1, 0.15) is 11.1 Å². The molecule has 0 atom stereocenters. The molecule has 0 fully saturated rings. The summed E-state index contributed by atoms with van der Waals surface area (Å²) in [6.07, 6.45) is 2.98. The summed E-state index contributed by atoms with van der Waals surface area (Å²) >= 11 is 0. The van der Waals surface area contributed by atoms with Gasteiger partial charge < -0.3 is 14.2 Å². The Balaban J connectivity index is 2.50. The SMILES string of the molecule is COC(=O)/C=C/C(C#Cc1ccc(OC)cc1)(C#Cc1ccc(OC)cc1)N(C)C. The minimum Gasteiger partial charge on any atom is -0.497 e. The Morgan fingerprint density at radius 1 is 0.833 bits per heavy atom. The maximum Gasteiger partial charge on any atom is 0.330 e. The van der Waals surface area contributed by atoms with Crippen LogP contribution < -0.4 is 9.47 Å². The molecule has 5 heteroatoms. The third-order valence-corrected chi connectivity index (χ3v) is 4.34. The first-order valence-corrected chi connectivity index (χ1v) is 9.21. The van der Waals surface area contributed by atoms with Crippen molar-refractivity contribution in [1.82, 2.24) is 4.90 Å². The van der Waals surface area contributed by atoms with Crippen LogP contribution in [0.4, 0.5) is 0 Å². The molecule has 0 aliphatic carbocycles. The van der Waals surface area contributed by atoms with Gasteiger partial charge >= 0.3 is 5.97 Å². The Morgan fingerprint density at radius 3 is 1.60 bits per heavy atom. The molecule has 0 radical (unpaired) electrons. The highest BCUT2D eigenvalue weighted by Gasteiger charge is 2.25. The van der Waals surface area contributed by atoms with Crippen molar-refractivity contribution in [2.75, 3.05) is 35.4 Å². The van der Waals surface area contributed by atoms with Crippen LogP contribution in [0.25, 0.3) is 0 Å². The molecule has 2 aromatic carbocycles. The summed E-state index contributed by atoms with van der Waals surface area (Å²) in [6.45, 7) is 0. The summed E-state index contributed by atoms with van der Waals surface area (Å²) < 4.78 is 15.1. The number of hydrogen-bond acceptors (Lipinski definition) is 5. The van der Waals surface area contributed by atoms with Crippen LogP contribution >= 0.6 is 0 Å². The van der Waals surface area contributed by atoms with E-state index in [2.05, 4.69) is 23.7 Å². The van der Waals surface area contributed by atoms with E-state index in [1.165, 1.54) is 13.2 Å². The van der Waals surface area contributed by atoms with Crippen molar-refractivity contribution in [2.24, 2.45) is 0 Å². The van der Waals surface area contributed by atoms with Crippen LogP contribution in [0.3, 0.4) is 0 Å². The number of carbonyl (C=O) groups is 1. The lowest BCUT2D eigenvalue weighted by Crippen LogP contribution is -2.40. The van der Waals surface area contributed by atoms with Crippen molar-refractivity contribution in [1.29, 1.82) is 0 Å². The van der Waals surface area contributed by atoms with E-state index in [9.17, 15) is 4.79 Å². The molecule has 0 N–H and O–H groups in total. The summed E-state index contributed by atoms with van der Waals surface area (Å²) in [6, 6.07) is 14.8. The number of likely N-dealkylation sites (N-methyl/N-ethyl adjacent to an activating group) is 1. The highest BCUT2D eigenvalue weighted by Crippen LogP contribution is 2.16. The van der Waals surface area contributed by atoms with E-state index >= 15 is 0 Å². The van der Waals surface area contributed by atoms with E-state index < -0.39 is 11.5 Å². The predicted octanol–water partition coefficient (Wildman–Crippen LogP) is 3.14. The molecule has 0 aliphatic rings. The van der Waals surface area contributed by atoms with E-state index in [0.717, 1.165) is 22.6 Å². The summed E-state index contributed by atoms with van der Waals surface area (Å²) in [4.78, 5) is 13.6. The largest absolute Gasteiger partial charge is 0.497 e. The predicted molar refractivity (Wildman–Crippen MR) is 117 cm³/mol. The molecule has 0 aliphatic heterocycles. The van der Waals surface area contributed by atoms with Crippen LogP contribution in [-0.2, 0) is 9.53 Å². The van der Waals surface area contributed by atoms with Crippen molar-refractivity contribution in [3.63, 3.8) is 0 Å². The van der Waals surface area contributed by atoms with Gasteiger partial charge in [-0.05, 0) is 68.7 Å². The number of rotatable bonds is 5. The standard InChI is InChI=1S/C25H25NO4/c1-26(2)25(19-16-24(27)30-5,17-14-20-6-10-22(28-3)11-7-20)18-15-21-8-12-23(29-4)13-9-21/h6-13,16,19H,1-5H3/b19-16+. The fourth-order valence-corrected chi connectivity index (χ4v) is 2.43. The number of nitrogens with zero attached hydrogens (tertiary/aromatic N) is 1. The van der Waals surface area contributed by atoms with Gasteiger partial charge in [0.1, 0.15) is 11.5 Å². The van der Waals surface area contributed by atoms with Crippen LogP contribution in [0, 0.1) is 23.7 Å². The molecule has 30 heavy (non-hydrogen) atoms. The third-order valence-electron chi connectivity index (χ3n) is 4.34. The molecule has 0 amide bonds. The molecular weight excluding hydrogens is 378 g/mol. The monoisotopic (exact) mass is 403 g/mol. The summed E-state index contributed by atoms with van der Waals surface area (Å²) in [5.41, 5.74) is 0.605. The Hall–Kier alpha value is -3.67. The maximum absolute atomic E-state index is 11.7. The second kappa shape index (κ2) is 10.8. The van der Waals surface area contributed by atoms with Crippen molar-refractivity contribution >= 4 is 5.97 Å². The first-order valence-electron chi connectivity index (χ1n) is 9.21. The van der Waals surface area contributed by atoms with Gasteiger partial charge in [0.2, 0.25) is 0 Å². The van der Waals surface area contributed by atoms with Gasteiger partial charge in [0, 0.05) is 17.2 Å². The molecule has 0 spiro atoms. The van der Waals surface area contributed by atoms with Crippen LogP contribution in [0.15, 0.2) is 60.7 Å². The van der Waals surface area contributed by atoms with Gasteiger partial charge in [0.25, 0.3) is 0 Å². The number of ether oxygens (including phenoxy) is 3. The minimum atomic E-state index is -1.01. The normalized spacial score (nSPS) is 10.6. The smallest absolute Gasteiger partial charge is 0.330 e. The van der Waals surface area contributed by atoms with Crippen LogP contribution in [0.2, 0.25) is 0 Å². The van der Waals surface area contributed by atoms with E-state index in [0.29, 0.717) is 0 Å². The van der Waals surface area contributed by atoms with Crippen molar-refractivity contribution < 1.29 is 19.0 Å². The molecule has 0 heterocycles. The minimum absolute atomic E-state index is 0.473. The summed E-state index contributed by atoms with van der Waals surface area (Å²) in [7, 11) is 8.27. The number of benzene rings is 2. The number of esters is 1. The molecular formula is C25H25NO4. The molecule has 154 valence electrons. The Labute approximate surface area is 178 Å². The van der Waals surface area contributed by atoms with Gasteiger partial charge in [0.15, 0.2) is 5.54 Å². The topological polar surface area (TPSA) is 48.0 Å². The highest BCUT2D eigenvalue weighted by molar-refractivity contribution is 5.82. The van der Waals surface area contributed by atoms with Gasteiger partial charge in [0.05, 0.1) is 21.3 Å². The molecule has 0 saturated carbocycles. The zero-order valence-electron chi connectivity index (χ0n) is 17.9. The Kier molecular flexibility index (Phi) is 8.11. The third kappa shape index (κ3) is 6.17. The van der Waals surface area contributed by atoms with Crippen molar-refractivity contribution in [3.05, 3.63) is 71.8 Å². The van der Waals surface area contributed by atoms with Gasteiger partial charge in [-0.2, -0.15) is 0 Å². The summed E-state index contributed by atoms with van der Waals surface area (Å²) in [5, 5.41) is 0. The maximum atomic E-state index is 11.7. The van der Waals surface area contributed by atoms with Crippen molar-refractivity contribution in [2.45, 2.75) is 5.54 Å². The molecule has 2 aromatic rings. The van der Waals surface area contributed by atoms with Crippen LogP contribution in [0.5, 0.6) is 11.5 Å². The van der Waals surface area contributed by atoms with E-state index in [4.69, 9.17) is 14.2 Å². The molecule has 0 aromatic heterocycles. The Morgan fingerprint density at radius 2 is 1.27 bits per heavy atom.